The van der Waals surface area contributed by atoms with Gasteiger partial charge in [0.25, 0.3) is 0 Å². The molecular weight excluding hydrogens is 222 g/mol. The SMILES string of the molecule is COC(=O)Cc1nc2c(s1)CCCC2(C)C. The van der Waals surface area contributed by atoms with E-state index in [0.29, 0.717) is 6.42 Å². The van der Waals surface area contributed by atoms with Gasteiger partial charge in [0.2, 0.25) is 0 Å². The summed E-state index contributed by atoms with van der Waals surface area (Å²) in [6.07, 6.45) is 3.82. The summed E-state index contributed by atoms with van der Waals surface area (Å²) in [5.74, 6) is -0.205. The number of aryl methyl sites for hydroxylation is 1. The minimum Gasteiger partial charge on any atom is -0.469 e. The Morgan fingerprint density at radius 1 is 1.56 bits per heavy atom. The minimum atomic E-state index is -0.205. The number of carbonyl (C=O) groups is 1. The molecule has 0 unspecified atom stereocenters. The maximum absolute atomic E-state index is 11.2. The number of thiazole rings is 1. The number of nitrogens with zero attached hydrogens (tertiary/aromatic N) is 1. The van der Waals surface area contributed by atoms with E-state index in [4.69, 9.17) is 0 Å². The number of esters is 1. The van der Waals surface area contributed by atoms with Gasteiger partial charge in [-0.05, 0) is 19.3 Å². The van der Waals surface area contributed by atoms with Gasteiger partial charge < -0.3 is 4.74 Å². The first-order chi connectivity index (χ1) is 7.53. The Morgan fingerprint density at radius 3 is 2.94 bits per heavy atom. The van der Waals surface area contributed by atoms with Crippen molar-refractivity contribution in [1.82, 2.24) is 4.98 Å². The summed E-state index contributed by atoms with van der Waals surface area (Å²) in [6, 6.07) is 0. The molecule has 0 spiro atoms. The first kappa shape index (κ1) is 11.6. The molecule has 1 aliphatic rings. The topological polar surface area (TPSA) is 39.2 Å². The number of hydrogen-bond donors (Lipinski definition) is 0. The van der Waals surface area contributed by atoms with Gasteiger partial charge in [-0.1, -0.05) is 13.8 Å². The lowest BCUT2D eigenvalue weighted by molar-refractivity contribution is -0.139. The molecule has 0 radical (unpaired) electrons. The van der Waals surface area contributed by atoms with Crippen LogP contribution in [0.1, 0.15) is 42.3 Å². The van der Waals surface area contributed by atoms with E-state index in [2.05, 4.69) is 23.6 Å². The number of methoxy groups -OCH3 is 1. The Kier molecular flexibility index (Phi) is 3.02. The van der Waals surface area contributed by atoms with Crippen LogP contribution in [0.5, 0.6) is 0 Å². The summed E-state index contributed by atoms with van der Waals surface area (Å²) in [5, 5.41) is 0.895. The number of rotatable bonds is 2. The van der Waals surface area contributed by atoms with Crippen molar-refractivity contribution in [3.63, 3.8) is 0 Å². The second kappa shape index (κ2) is 4.17. The summed E-state index contributed by atoms with van der Waals surface area (Å²) in [5.41, 5.74) is 1.36. The third-order valence-electron chi connectivity index (χ3n) is 3.11. The smallest absolute Gasteiger partial charge is 0.312 e. The number of fused-ring (bicyclic) bond motifs is 1. The quantitative estimate of drug-likeness (QED) is 0.744. The molecule has 1 aliphatic carbocycles. The molecule has 16 heavy (non-hydrogen) atoms. The first-order valence-corrected chi connectivity index (χ1v) is 6.40. The van der Waals surface area contributed by atoms with Crippen molar-refractivity contribution in [2.24, 2.45) is 0 Å². The molecule has 0 fully saturated rings. The van der Waals surface area contributed by atoms with Gasteiger partial charge in [-0.25, -0.2) is 4.98 Å². The van der Waals surface area contributed by atoms with Crippen molar-refractivity contribution >= 4 is 17.3 Å². The Bertz CT molecular complexity index is 409. The predicted molar refractivity (Wildman–Crippen MR) is 63.8 cm³/mol. The Morgan fingerprint density at radius 2 is 2.31 bits per heavy atom. The molecule has 0 bridgehead atoms. The second-order valence-corrected chi connectivity index (χ2v) is 6.04. The minimum absolute atomic E-state index is 0.165. The highest BCUT2D eigenvalue weighted by atomic mass is 32.1. The average Bonchev–Trinajstić information content (AvgIpc) is 2.61. The van der Waals surface area contributed by atoms with Crippen LogP contribution < -0.4 is 0 Å². The summed E-state index contributed by atoms with van der Waals surface area (Å²) in [4.78, 5) is 17.2. The standard InChI is InChI=1S/C12H17NO2S/c1-12(2)6-4-5-8-11(12)13-9(16-8)7-10(14)15-3/h4-7H2,1-3H3. The average molecular weight is 239 g/mol. The van der Waals surface area contributed by atoms with E-state index in [9.17, 15) is 4.79 Å². The second-order valence-electron chi connectivity index (χ2n) is 4.87. The lowest BCUT2D eigenvalue weighted by Gasteiger charge is -2.28. The zero-order chi connectivity index (χ0) is 11.8. The summed E-state index contributed by atoms with van der Waals surface area (Å²) in [6.45, 7) is 4.46. The number of carbonyl (C=O) groups excluding carboxylic acids is 1. The van der Waals surface area contributed by atoms with E-state index in [1.807, 2.05) is 0 Å². The van der Waals surface area contributed by atoms with Crippen LogP contribution >= 0.6 is 11.3 Å². The summed E-state index contributed by atoms with van der Waals surface area (Å²) >= 11 is 1.67. The van der Waals surface area contributed by atoms with Gasteiger partial charge in [-0.3, -0.25) is 4.79 Å². The highest BCUT2D eigenvalue weighted by Crippen LogP contribution is 2.38. The molecular formula is C12H17NO2S. The van der Waals surface area contributed by atoms with Crippen molar-refractivity contribution in [1.29, 1.82) is 0 Å². The molecule has 0 aromatic carbocycles. The highest BCUT2D eigenvalue weighted by molar-refractivity contribution is 7.11. The maximum atomic E-state index is 11.2. The van der Waals surface area contributed by atoms with Crippen molar-refractivity contribution in [2.75, 3.05) is 7.11 Å². The summed E-state index contributed by atoms with van der Waals surface area (Å²) in [7, 11) is 1.42. The molecule has 0 N–H and O–H groups in total. The number of hydrogen-bond acceptors (Lipinski definition) is 4. The molecule has 0 aliphatic heterocycles. The van der Waals surface area contributed by atoms with Gasteiger partial charge in [0.05, 0.1) is 19.2 Å². The van der Waals surface area contributed by atoms with Gasteiger partial charge in [0, 0.05) is 10.3 Å². The fourth-order valence-corrected chi connectivity index (χ4v) is 3.46. The van der Waals surface area contributed by atoms with E-state index in [1.165, 1.54) is 30.5 Å². The molecule has 0 saturated heterocycles. The molecule has 0 saturated carbocycles. The Balaban J connectivity index is 2.26. The van der Waals surface area contributed by atoms with Crippen LogP contribution in [0.2, 0.25) is 0 Å². The lowest BCUT2D eigenvalue weighted by Crippen LogP contribution is -2.23. The fourth-order valence-electron chi connectivity index (χ4n) is 2.18. The zero-order valence-electron chi connectivity index (χ0n) is 10.0. The number of aromatic nitrogens is 1. The van der Waals surface area contributed by atoms with Crippen LogP contribution in [0.3, 0.4) is 0 Å². The lowest BCUT2D eigenvalue weighted by atomic mass is 9.79. The Labute approximate surface area is 99.8 Å². The van der Waals surface area contributed by atoms with Crippen LogP contribution in [0.15, 0.2) is 0 Å². The molecule has 0 amide bonds. The molecule has 4 heteroatoms. The number of ether oxygens (including phenoxy) is 1. The molecule has 1 aromatic rings. The predicted octanol–water partition coefficient (Wildman–Crippen LogP) is 2.47. The van der Waals surface area contributed by atoms with E-state index in [1.54, 1.807) is 11.3 Å². The van der Waals surface area contributed by atoms with Gasteiger partial charge in [-0.2, -0.15) is 0 Å². The van der Waals surface area contributed by atoms with Crippen LogP contribution in [-0.2, 0) is 27.8 Å². The molecule has 0 atom stereocenters. The Hall–Kier alpha value is -0.900. The van der Waals surface area contributed by atoms with Crippen molar-refractivity contribution in [3.05, 3.63) is 15.6 Å². The largest absolute Gasteiger partial charge is 0.469 e. The molecule has 88 valence electrons. The molecule has 2 rings (SSSR count). The van der Waals surface area contributed by atoms with Crippen LogP contribution in [-0.4, -0.2) is 18.1 Å². The van der Waals surface area contributed by atoms with E-state index >= 15 is 0 Å². The van der Waals surface area contributed by atoms with Crippen molar-refractivity contribution in [3.8, 4) is 0 Å². The third kappa shape index (κ3) is 2.12. The van der Waals surface area contributed by atoms with Gasteiger partial charge >= 0.3 is 5.97 Å². The van der Waals surface area contributed by atoms with Gasteiger partial charge in [0.1, 0.15) is 5.01 Å². The summed E-state index contributed by atoms with van der Waals surface area (Å²) < 4.78 is 4.67. The van der Waals surface area contributed by atoms with Gasteiger partial charge in [-0.15, -0.1) is 11.3 Å². The van der Waals surface area contributed by atoms with E-state index in [-0.39, 0.29) is 11.4 Å². The third-order valence-corrected chi connectivity index (χ3v) is 4.23. The zero-order valence-corrected chi connectivity index (χ0v) is 10.8. The van der Waals surface area contributed by atoms with Crippen LogP contribution in [0.4, 0.5) is 0 Å². The molecule has 1 aromatic heterocycles. The van der Waals surface area contributed by atoms with Crippen molar-refractivity contribution in [2.45, 2.75) is 44.9 Å². The van der Waals surface area contributed by atoms with Gasteiger partial charge in [0.15, 0.2) is 0 Å². The normalized spacial score (nSPS) is 17.9. The molecule has 3 nitrogen and oxygen atoms in total. The van der Waals surface area contributed by atoms with Crippen LogP contribution in [0, 0.1) is 0 Å². The monoisotopic (exact) mass is 239 g/mol. The maximum Gasteiger partial charge on any atom is 0.312 e. The fraction of sp³-hybridized carbons (Fsp3) is 0.667. The highest BCUT2D eigenvalue weighted by Gasteiger charge is 2.31. The van der Waals surface area contributed by atoms with E-state index < -0.39 is 0 Å². The first-order valence-electron chi connectivity index (χ1n) is 5.59. The van der Waals surface area contributed by atoms with Crippen molar-refractivity contribution < 1.29 is 9.53 Å². The van der Waals surface area contributed by atoms with Crippen LogP contribution in [0.25, 0.3) is 0 Å². The molecule has 1 heterocycles. The van der Waals surface area contributed by atoms with E-state index in [0.717, 1.165) is 11.4 Å².